The van der Waals surface area contributed by atoms with E-state index in [2.05, 4.69) is 52.0 Å². The molecule has 86 valence electrons. The zero-order valence-electron chi connectivity index (χ0n) is 9.36. The van der Waals surface area contributed by atoms with Crippen LogP contribution in [0.2, 0.25) is 0 Å². The minimum Gasteiger partial charge on any atom is -0.122 e. The molecule has 1 fully saturated rings. The van der Waals surface area contributed by atoms with Crippen LogP contribution in [0.25, 0.3) is 0 Å². The summed E-state index contributed by atoms with van der Waals surface area (Å²) in [6, 6.07) is 8.88. The molecule has 2 unspecified atom stereocenters. The van der Waals surface area contributed by atoms with Crippen LogP contribution in [0.1, 0.15) is 31.2 Å². The number of hydrogen-bond acceptors (Lipinski definition) is 1. The Morgan fingerprint density at radius 3 is 2.88 bits per heavy atom. The van der Waals surface area contributed by atoms with Gasteiger partial charge in [-0.2, -0.15) is 0 Å². The van der Waals surface area contributed by atoms with E-state index in [0.717, 1.165) is 16.0 Å². The predicted octanol–water partition coefficient (Wildman–Crippen LogP) is 4.66. The van der Waals surface area contributed by atoms with E-state index in [4.69, 9.17) is 0 Å². The lowest BCUT2D eigenvalue weighted by molar-refractivity contribution is 0.637. The highest BCUT2D eigenvalue weighted by atomic mass is 79.9. The van der Waals surface area contributed by atoms with Gasteiger partial charge in [0.2, 0.25) is 0 Å². The summed E-state index contributed by atoms with van der Waals surface area (Å²) in [5.41, 5.74) is 1.56. The molecule has 0 aromatic heterocycles. The molecule has 0 bridgehead atoms. The Kier molecular flexibility index (Phi) is 3.30. The summed E-state index contributed by atoms with van der Waals surface area (Å²) in [5, 5.41) is 0.830. The third kappa shape index (κ3) is 2.48. The van der Waals surface area contributed by atoms with Crippen LogP contribution in [-0.4, -0.2) is 10.1 Å². The fraction of sp³-hybridized carbons (Fsp3) is 0.571. The fourth-order valence-electron chi connectivity index (χ4n) is 2.45. The molecule has 1 saturated carbocycles. The topological polar surface area (TPSA) is 0 Å². The molecule has 0 saturated heterocycles. The molecule has 1 aliphatic carbocycles. The second-order valence-electron chi connectivity index (χ2n) is 4.98. The number of hydrogen-bond donors (Lipinski definition) is 0. The summed E-state index contributed by atoms with van der Waals surface area (Å²) < 4.78 is 0. The zero-order valence-corrected chi connectivity index (χ0v) is 11.8. The predicted molar refractivity (Wildman–Crippen MR) is 74.5 cm³/mol. The minimum absolute atomic E-state index is 0.789. The lowest BCUT2D eigenvalue weighted by atomic mass is 10.1. The van der Waals surface area contributed by atoms with Gasteiger partial charge in [-0.1, -0.05) is 34.1 Å². The Balaban J connectivity index is 1.52. The largest absolute Gasteiger partial charge is 0.122 e. The van der Waals surface area contributed by atoms with Crippen LogP contribution in [0.3, 0.4) is 0 Å². The summed E-state index contributed by atoms with van der Waals surface area (Å²) in [6.07, 6.45) is 6.91. The molecule has 0 amide bonds. The van der Waals surface area contributed by atoms with E-state index in [1.165, 1.54) is 37.0 Å². The van der Waals surface area contributed by atoms with E-state index in [-0.39, 0.29) is 0 Å². The molecule has 2 atom stereocenters. The summed E-state index contributed by atoms with van der Waals surface area (Å²) in [6.45, 7) is 0. The quantitative estimate of drug-likeness (QED) is 0.729. The number of thioether (sulfide) groups is 1. The SMILES string of the molecule is BrC(CCC1Cc2ccccc2S1)C1CC1. The highest BCUT2D eigenvalue weighted by molar-refractivity contribution is 9.09. The molecule has 2 aliphatic rings. The van der Waals surface area contributed by atoms with E-state index in [1.54, 1.807) is 5.56 Å². The van der Waals surface area contributed by atoms with Crippen molar-refractivity contribution >= 4 is 27.7 Å². The number of benzene rings is 1. The first-order valence-electron chi connectivity index (χ1n) is 6.21. The maximum Gasteiger partial charge on any atom is 0.0174 e. The van der Waals surface area contributed by atoms with Gasteiger partial charge in [0.05, 0.1) is 0 Å². The molecule has 0 spiro atoms. The normalized spacial score (nSPS) is 25.4. The molecule has 0 N–H and O–H groups in total. The molecule has 3 rings (SSSR count). The Hall–Kier alpha value is 0.0500. The zero-order chi connectivity index (χ0) is 11.0. The average Bonchev–Trinajstić information content (AvgIpc) is 3.06. The summed E-state index contributed by atoms with van der Waals surface area (Å²) >= 11 is 5.93. The molecular weight excluding hydrogens is 280 g/mol. The molecule has 16 heavy (non-hydrogen) atoms. The van der Waals surface area contributed by atoms with Gasteiger partial charge in [-0.05, 0) is 49.7 Å². The van der Waals surface area contributed by atoms with E-state index < -0.39 is 0 Å². The first kappa shape index (κ1) is 11.2. The van der Waals surface area contributed by atoms with Crippen molar-refractivity contribution in [3.05, 3.63) is 29.8 Å². The monoisotopic (exact) mass is 296 g/mol. The van der Waals surface area contributed by atoms with Gasteiger partial charge in [-0.25, -0.2) is 0 Å². The van der Waals surface area contributed by atoms with Crippen molar-refractivity contribution in [1.82, 2.24) is 0 Å². The van der Waals surface area contributed by atoms with Gasteiger partial charge in [0.25, 0.3) is 0 Å². The molecule has 1 aromatic carbocycles. The van der Waals surface area contributed by atoms with Crippen molar-refractivity contribution in [3.8, 4) is 0 Å². The molecule has 1 heterocycles. The summed E-state index contributed by atoms with van der Waals surface area (Å²) in [5.74, 6) is 0.994. The van der Waals surface area contributed by atoms with Crippen LogP contribution in [0, 0.1) is 5.92 Å². The van der Waals surface area contributed by atoms with Crippen molar-refractivity contribution in [2.24, 2.45) is 5.92 Å². The van der Waals surface area contributed by atoms with Crippen LogP contribution in [0.15, 0.2) is 29.2 Å². The maximum atomic E-state index is 3.84. The third-order valence-electron chi connectivity index (χ3n) is 3.61. The lowest BCUT2D eigenvalue weighted by Gasteiger charge is -2.11. The number of halogens is 1. The van der Waals surface area contributed by atoms with E-state index in [0.29, 0.717) is 0 Å². The highest BCUT2D eigenvalue weighted by Crippen LogP contribution is 2.42. The Morgan fingerprint density at radius 1 is 1.31 bits per heavy atom. The maximum absolute atomic E-state index is 3.84. The van der Waals surface area contributed by atoms with Crippen LogP contribution >= 0.6 is 27.7 Å². The molecule has 0 radical (unpaired) electrons. The van der Waals surface area contributed by atoms with Crippen molar-refractivity contribution in [3.63, 3.8) is 0 Å². The van der Waals surface area contributed by atoms with Gasteiger partial charge >= 0.3 is 0 Å². The van der Waals surface area contributed by atoms with E-state index in [9.17, 15) is 0 Å². The Bertz CT molecular complexity index is 348. The van der Waals surface area contributed by atoms with Crippen molar-refractivity contribution < 1.29 is 0 Å². The van der Waals surface area contributed by atoms with Gasteiger partial charge in [0, 0.05) is 15.0 Å². The van der Waals surface area contributed by atoms with Gasteiger partial charge in [-0.3, -0.25) is 0 Å². The first-order chi connectivity index (χ1) is 7.83. The minimum atomic E-state index is 0.789. The second-order valence-corrected chi connectivity index (χ2v) is 7.50. The molecule has 2 heteroatoms. The molecule has 1 aliphatic heterocycles. The van der Waals surface area contributed by atoms with Crippen LogP contribution < -0.4 is 0 Å². The fourth-order valence-corrected chi connectivity index (χ4v) is 4.58. The van der Waals surface area contributed by atoms with Crippen LogP contribution in [0.5, 0.6) is 0 Å². The van der Waals surface area contributed by atoms with E-state index >= 15 is 0 Å². The van der Waals surface area contributed by atoms with Gasteiger partial charge in [0.1, 0.15) is 0 Å². The third-order valence-corrected chi connectivity index (χ3v) is 6.21. The van der Waals surface area contributed by atoms with Crippen molar-refractivity contribution in [1.29, 1.82) is 0 Å². The molecule has 1 aromatic rings. The second kappa shape index (κ2) is 4.73. The average molecular weight is 297 g/mol. The van der Waals surface area contributed by atoms with Gasteiger partial charge in [-0.15, -0.1) is 11.8 Å². The number of alkyl halides is 1. The first-order valence-corrected chi connectivity index (χ1v) is 8.01. The van der Waals surface area contributed by atoms with E-state index in [1.807, 2.05) is 0 Å². The Morgan fingerprint density at radius 2 is 2.12 bits per heavy atom. The van der Waals surface area contributed by atoms with Crippen LogP contribution in [0.4, 0.5) is 0 Å². The van der Waals surface area contributed by atoms with Crippen molar-refractivity contribution in [2.45, 2.75) is 47.1 Å². The highest BCUT2D eigenvalue weighted by Gasteiger charge is 2.30. The van der Waals surface area contributed by atoms with Gasteiger partial charge < -0.3 is 0 Å². The van der Waals surface area contributed by atoms with Gasteiger partial charge in [0.15, 0.2) is 0 Å². The number of rotatable bonds is 4. The Labute approximate surface area is 110 Å². The molecular formula is C14H17BrS. The smallest absolute Gasteiger partial charge is 0.0174 e. The lowest BCUT2D eigenvalue weighted by Crippen LogP contribution is -2.07. The standard InChI is InChI=1S/C14H17BrS/c15-13(10-5-6-10)8-7-12-9-11-3-1-2-4-14(11)16-12/h1-4,10,12-13H,5-9H2. The van der Waals surface area contributed by atoms with Crippen molar-refractivity contribution in [2.75, 3.05) is 0 Å². The number of fused-ring (bicyclic) bond motifs is 1. The summed E-state index contributed by atoms with van der Waals surface area (Å²) in [4.78, 5) is 2.31. The summed E-state index contributed by atoms with van der Waals surface area (Å²) in [7, 11) is 0. The molecule has 0 nitrogen and oxygen atoms in total. The van der Waals surface area contributed by atoms with Crippen LogP contribution in [-0.2, 0) is 6.42 Å².